The summed E-state index contributed by atoms with van der Waals surface area (Å²) in [5.41, 5.74) is -1.36. The van der Waals surface area contributed by atoms with Gasteiger partial charge in [-0.05, 0) is 12.3 Å². The molecule has 2 amide bonds. The Balaban J connectivity index is 2.10. The third-order valence-corrected chi connectivity index (χ3v) is 3.95. The Kier molecular flexibility index (Phi) is 3.23. The molecule has 2 rings (SSSR count). The highest BCUT2D eigenvalue weighted by Crippen LogP contribution is 2.34. The molecule has 2 saturated heterocycles. The number of ether oxygens (including phenoxy) is 1. The Morgan fingerprint density at radius 1 is 1.33 bits per heavy atom. The Morgan fingerprint density at radius 2 is 1.89 bits per heavy atom. The molecule has 2 aliphatic heterocycles. The lowest BCUT2D eigenvalue weighted by Gasteiger charge is -2.38. The first kappa shape index (κ1) is 13.5. The van der Waals surface area contributed by atoms with Crippen molar-refractivity contribution in [1.82, 2.24) is 4.90 Å². The lowest BCUT2D eigenvalue weighted by Crippen LogP contribution is -2.55. The van der Waals surface area contributed by atoms with Gasteiger partial charge >= 0.3 is 0 Å². The molecule has 0 aromatic heterocycles. The third kappa shape index (κ3) is 2.42. The first-order valence-corrected chi connectivity index (χ1v) is 6.41. The van der Waals surface area contributed by atoms with E-state index in [1.807, 2.05) is 13.8 Å². The average Bonchev–Trinajstić information content (AvgIpc) is 2.52. The zero-order valence-corrected chi connectivity index (χ0v) is 11.2. The number of imide groups is 1. The number of rotatable bonds is 2. The van der Waals surface area contributed by atoms with Crippen molar-refractivity contribution in [1.29, 1.82) is 0 Å². The molecule has 0 aromatic rings. The van der Waals surface area contributed by atoms with Gasteiger partial charge in [0, 0.05) is 25.9 Å². The summed E-state index contributed by atoms with van der Waals surface area (Å²) in [5.74, 6) is -0.382. The second kappa shape index (κ2) is 4.31. The average molecular weight is 255 g/mol. The molecular weight excluding hydrogens is 234 g/mol. The number of hydrogen-bond acceptors (Lipinski definition) is 4. The summed E-state index contributed by atoms with van der Waals surface area (Å²) in [7, 11) is 0. The van der Waals surface area contributed by atoms with Crippen LogP contribution >= 0.6 is 0 Å². The third-order valence-electron chi connectivity index (χ3n) is 3.95. The number of hydrogen-bond donors (Lipinski definition) is 1. The minimum atomic E-state index is -1.09. The van der Waals surface area contributed by atoms with E-state index in [0.29, 0.717) is 25.9 Å². The predicted molar refractivity (Wildman–Crippen MR) is 64.7 cm³/mol. The van der Waals surface area contributed by atoms with Crippen molar-refractivity contribution in [3.05, 3.63) is 0 Å². The standard InChI is InChI=1S/C13H21NO4/c1-9-13(17,4-5-18-9)8-14-10(15)6-12(2,3)7-11(14)16/h9,17H,4-8H2,1-3H3. The van der Waals surface area contributed by atoms with Crippen LogP contribution < -0.4 is 0 Å². The van der Waals surface area contributed by atoms with Crippen molar-refractivity contribution in [2.75, 3.05) is 13.2 Å². The first-order chi connectivity index (χ1) is 8.23. The van der Waals surface area contributed by atoms with Gasteiger partial charge in [-0.15, -0.1) is 0 Å². The van der Waals surface area contributed by atoms with Crippen LogP contribution in [-0.4, -0.2) is 46.7 Å². The normalized spacial score (nSPS) is 36.2. The molecule has 0 saturated carbocycles. The summed E-state index contributed by atoms with van der Waals surface area (Å²) in [6.07, 6.45) is 0.830. The second-order valence-corrected chi connectivity index (χ2v) is 6.26. The Bertz CT molecular complexity index is 359. The fourth-order valence-electron chi connectivity index (χ4n) is 2.64. The van der Waals surface area contributed by atoms with Gasteiger partial charge in [0.2, 0.25) is 11.8 Å². The van der Waals surface area contributed by atoms with Gasteiger partial charge in [0.05, 0.1) is 12.6 Å². The summed E-state index contributed by atoms with van der Waals surface area (Å²) >= 11 is 0. The van der Waals surface area contributed by atoms with Crippen LogP contribution in [0.25, 0.3) is 0 Å². The number of carbonyl (C=O) groups excluding carboxylic acids is 2. The molecule has 0 bridgehead atoms. The van der Waals surface area contributed by atoms with Crippen LogP contribution in [0, 0.1) is 5.41 Å². The molecule has 0 spiro atoms. The Labute approximate surface area is 107 Å². The van der Waals surface area contributed by atoms with Gasteiger partial charge in [-0.1, -0.05) is 13.8 Å². The number of nitrogens with zero attached hydrogens (tertiary/aromatic N) is 1. The summed E-state index contributed by atoms with van der Waals surface area (Å²) < 4.78 is 5.32. The van der Waals surface area contributed by atoms with Crippen molar-refractivity contribution in [2.24, 2.45) is 5.41 Å². The number of carbonyl (C=O) groups is 2. The highest BCUT2D eigenvalue weighted by atomic mass is 16.5. The summed E-state index contributed by atoms with van der Waals surface area (Å²) in [5, 5.41) is 10.4. The van der Waals surface area contributed by atoms with Crippen LogP contribution in [-0.2, 0) is 14.3 Å². The molecular formula is C13H21NO4. The van der Waals surface area contributed by atoms with Crippen LogP contribution in [0.5, 0.6) is 0 Å². The summed E-state index contributed by atoms with van der Waals surface area (Å²) in [6.45, 7) is 6.13. The quantitative estimate of drug-likeness (QED) is 0.738. The molecule has 5 heteroatoms. The van der Waals surface area contributed by atoms with Crippen molar-refractivity contribution in [3.8, 4) is 0 Å². The van der Waals surface area contributed by atoms with Crippen LogP contribution in [0.4, 0.5) is 0 Å². The number of piperidine rings is 1. The number of amides is 2. The maximum absolute atomic E-state index is 12.0. The zero-order chi connectivity index (χ0) is 13.6. The van der Waals surface area contributed by atoms with E-state index < -0.39 is 5.60 Å². The van der Waals surface area contributed by atoms with E-state index in [1.165, 1.54) is 4.90 Å². The van der Waals surface area contributed by atoms with Gasteiger partial charge < -0.3 is 9.84 Å². The zero-order valence-electron chi connectivity index (χ0n) is 11.2. The number of aliphatic hydroxyl groups is 1. The molecule has 0 aromatic carbocycles. The van der Waals surface area contributed by atoms with Gasteiger partial charge in [0.15, 0.2) is 0 Å². The highest BCUT2D eigenvalue weighted by Gasteiger charge is 2.46. The van der Waals surface area contributed by atoms with Gasteiger partial charge in [0.1, 0.15) is 5.60 Å². The fraction of sp³-hybridized carbons (Fsp3) is 0.846. The fourth-order valence-corrected chi connectivity index (χ4v) is 2.64. The Hall–Kier alpha value is -0.940. The molecule has 2 unspecified atom stereocenters. The Morgan fingerprint density at radius 3 is 2.33 bits per heavy atom. The monoisotopic (exact) mass is 255 g/mol. The van der Waals surface area contributed by atoms with E-state index in [1.54, 1.807) is 6.92 Å². The van der Waals surface area contributed by atoms with E-state index in [9.17, 15) is 14.7 Å². The van der Waals surface area contributed by atoms with Crippen molar-refractivity contribution in [2.45, 2.75) is 51.7 Å². The van der Waals surface area contributed by atoms with Crippen molar-refractivity contribution in [3.63, 3.8) is 0 Å². The number of likely N-dealkylation sites (tertiary alicyclic amines) is 1. The molecule has 2 fully saturated rings. The molecule has 0 aliphatic carbocycles. The van der Waals surface area contributed by atoms with Crippen LogP contribution in [0.3, 0.4) is 0 Å². The maximum Gasteiger partial charge on any atom is 0.229 e. The number of β-amino-alcohol motifs (C(OH)–C–C–N with tert-alkyl or cyclic N) is 1. The second-order valence-electron chi connectivity index (χ2n) is 6.26. The smallest absolute Gasteiger partial charge is 0.229 e. The predicted octanol–water partition coefficient (Wildman–Crippen LogP) is 0.701. The molecule has 1 N–H and O–H groups in total. The molecule has 2 heterocycles. The lowest BCUT2D eigenvalue weighted by molar-refractivity contribution is -0.158. The van der Waals surface area contributed by atoms with Gasteiger partial charge in [-0.2, -0.15) is 0 Å². The minimum absolute atomic E-state index is 0.0575. The van der Waals surface area contributed by atoms with E-state index in [4.69, 9.17) is 4.74 Å². The van der Waals surface area contributed by atoms with Crippen molar-refractivity contribution < 1.29 is 19.4 Å². The summed E-state index contributed by atoms with van der Waals surface area (Å²) in [6, 6.07) is 0. The molecule has 102 valence electrons. The van der Waals surface area contributed by atoms with Gasteiger partial charge in [-0.25, -0.2) is 0 Å². The van der Waals surface area contributed by atoms with Gasteiger partial charge in [0.25, 0.3) is 0 Å². The SMILES string of the molecule is CC1OCCC1(O)CN1C(=O)CC(C)(C)CC1=O. The molecule has 18 heavy (non-hydrogen) atoms. The summed E-state index contributed by atoms with van der Waals surface area (Å²) in [4.78, 5) is 25.2. The highest BCUT2D eigenvalue weighted by molar-refractivity contribution is 5.98. The molecule has 0 radical (unpaired) electrons. The topological polar surface area (TPSA) is 66.8 Å². The van der Waals surface area contributed by atoms with Crippen LogP contribution in [0.2, 0.25) is 0 Å². The first-order valence-electron chi connectivity index (χ1n) is 6.41. The molecule has 2 aliphatic rings. The molecule has 2 atom stereocenters. The van der Waals surface area contributed by atoms with Crippen LogP contribution in [0.1, 0.15) is 40.0 Å². The minimum Gasteiger partial charge on any atom is -0.385 e. The lowest BCUT2D eigenvalue weighted by atomic mass is 9.81. The van der Waals surface area contributed by atoms with Crippen LogP contribution in [0.15, 0.2) is 0 Å². The van der Waals surface area contributed by atoms with Gasteiger partial charge in [-0.3, -0.25) is 14.5 Å². The largest absolute Gasteiger partial charge is 0.385 e. The van der Waals surface area contributed by atoms with E-state index >= 15 is 0 Å². The molecule has 5 nitrogen and oxygen atoms in total. The van der Waals surface area contributed by atoms with E-state index in [0.717, 1.165) is 0 Å². The van der Waals surface area contributed by atoms with E-state index in [-0.39, 0.29) is 29.9 Å². The van der Waals surface area contributed by atoms with E-state index in [2.05, 4.69) is 0 Å². The van der Waals surface area contributed by atoms with Crippen molar-refractivity contribution >= 4 is 11.8 Å². The maximum atomic E-state index is 12.0.